The maximum absolute atomic E-state index is 12.8. The Bertz CT molecular complexity index is 777. The smallest absolute Gasteiger partial charge is 0.207 e. The van der Waals surface area contributed by atoms with E-state index in [0.717, 1.165) is 11.1 Å². The summed E-state index contributed by atoms with van der Waals surface area (Å²) in [4.78, 5) is 4.58. The van der Waals surface area contributed by atoms with Crippen LogP contribution in [0.3, 0.4) is 0 Å². The summed E-state index contributed by atoms with van der Waals surface area (Å²) >= 11 is 3.22. The zero-order valence-corrected chi connectivity index (χ0v) is 14.9. The molecule has 2 aromatic rings. The summed E-state index contributed by atoms with van der Waals surface area (Å²) < 4.78 is 26.2. The third kappa shape index (κ3) is 3.35. The lowest BCUT2D eigenvalue weighted by atomic mass is 9.87. The predicted molar refractivity (Wildman–Crippen MR) is 87.3 cm³/mol. The predicted octanol–water partition coefficient (Wildman–Crippen LogP) is 4.28. The number of nitrogens with zero attached hydrogens (tertiary/aromatic N) is 1. The van der Waals surface area contributed by atoms with Crippen molar-refractivity contribution in [2.75, 3.05) is 0 Å². The molecule has 3 nitrogen and oxygen atoms in total. The second kappa shape index (κ2) is 5.54. The SMILES string of the molecule is Cc1ccc(C(C)(C)C)cc1S(=O)(=O)c1ccnc(Br)c1. The molecule has 0 aliphatic carbocycles. The minimum absolute atomic E-state index is 0.100. The standard InChI is InChI=1S/C16H18BrNO2S/c1-11-5-6-12(16(2,3)4)9-14(11)21(19,20)13-7-8-18-15(17)10-13/h5-10H,1-4H3. The monoisotopic (exact) mass is 367 g/mol. The summed E-state index contributed by atoms with van der Waals surface area (Å²) in [5.74, 6) is 0. The van der Waals surface area contributed by atoms with Crippen molar-refractivity contribution in [2.24, 2.45) is 0 Å². The van der Waals surface area contributed by atoms with E-state index in [9.17, 15) is 8.42 Å². The fourth-order valence-corrected chi connectivity index (χ4v) is 4.09. The lowest BCUT2D eigenvalue weighted by molar-refractivity contribution is 0.583. The average molecular weight is 368 g/mol. The second-order valence-electron chi connectivity index (χ2n) is 6.05. The van der Waals surface area contributed by atoms with Crippen LogP contribution >= 0.6 is 15.9 Å². The fourth-order valence-electron chi connectivity index (χ4n) is 2.03. The zero-order chi connectivity index (χ0) is 15.8. The molecule has 0 amide bonds. The van der Waals surface area contributed by atoms with Crippen molar-refractivity contribution in [3.05, 3.63) is 52.3 Å². The van der Waals surface area contributed by atoms with Crippen LogP contribution in [0.25, 0.3) is 0 Å². The molecule has 0 fully saturated rings. The highest BCUT2D eigenvalue weighted by Crippen LogP contribution is 2.30. The van der Waals surface area contributed by atoms with Crippen molar-refractivity contribution >= 4 is 25.8 Å². The van der Waals surface area contributed by atoms with Crippen LogP contribution in [-0.2, 0) is 15.3 Å². The molecule has 21 heavy (non-hydrogen) atoms. The van der Waals surface area contributed by atoms with Crippen LogP contribution in [0.4, 0.5) is 0 Å². The van der Waals surface area contributed by atoms with Gasteiger partial charge in [0.25, 0.3) is 0 Å². The van der Waals surface area contributed by atoms with E-state index in [0.29, 0.717) is 9.50 Å². The zero-order valence-electron chi connectivity index (χ0n) is 12.5. The molecular formula is C16H18BrNO2S. The Morgan fingerprint density at radius 1 is 1.10 bits per heavy atom. The van der Waals surface area contributed by atoms with Gasteiger partial charge in [0.15, 0.2) is 0 Å². The van der Waals surface area contributed by atoms with Crippen LogP contribution in [0, 0.1) is 6.92 Å². The number of sulfone groups is 1. The second-order valence-corrected chi connectivity index (χ2v) is 8.78. The van der Waals surface area contributed by atoms with Crippen molar-refractivity contribution in [2.45, 2.75) is 42.9 Å². The fraction of sp³-hybridized carbons (Fsp3) is 0.312. The number of pyridine rings is 1. The van der Waals surface area contributed by atoms with E-state index in [1.165, 1.54) is 18.3 Å². The summed E-state index contributed by atoms with van der Waals surface area (Å²) in [7, 11) is -3.54. The number of aryl methyl sites for hydroxylation is 1. The van der Waals surface area contributed by atoms with Gasteiger partial charge in [0.05, 0.1) is 9.79 Å². The summed E-state index contributed by atoms with van der Waals surface area (Å²) in [6.45, 7) is 8.01. The number of hydrogen-bond acceptors (Lipinski definition) is 3. The Morgan fingerprint density at radius 3 is 2.33 bits per heavy atom. The number of aromatic nitrogens is 1. The Labute approximate surface area is 134 Å². The lowest BCUT2D eigenvalue weighted by Gasteiger charge is -2.20. The van der Waals surface area contributed by atoms with Gasteiger partial charge in [0.2, 0.25) is 9.84 Å². The molecule has 0 saturated heterocycles. The van der Waals surface area contributed by atoms with Crippen molar-refractivity contribution < 1.29 is 8.42 Å². The minimum atomic E-state index is -3.54. The number of benzene rings is 1. The van der Waals surface area contributed by atoms with Crippen molar-refractivity contribution in [3.63, 3.8) is 0 Å². The molecule has 2 rings (SSSR count). The normalized spacial score (nSPS) is 12.4. The summed E-state index contributed by atoms with van der Waals surface area (Å²) in [5.41, 5.74) is 1.65. The molecule has 0 unspecified atom stereocenters. The van der Waals surface area contributed by atoms with Crippen LogP contribution in [0.2, 0.25) is 0 Å². The van der Waals surface area contributed by atoms with Crippen molar-refractivity contribution in [1.29, 1.82) is 0 Å². The van der Waals surface area contributed by atoms with Gasteiger partial charge in [-0.25, -0.2) is 13.4 Å². The maximum Gasteiger partial charge on any atom is 0.207 e. The van der Waals surface area contributed by atoms with Gasteiger partial charge >= 0.3 is 0 Å². The third-order valence-corrected chi connectivity index (χ3v) is 5.68. The van der Waals surface area contributed by atoms with Gasteiger partial charge in [-0.05, 0) is 57.6 Å². The van der Waals surface area contributed by atoms with Gasteiger partial charge in [-0.2, -0.15) is 0 Å². The number of rotatable bonds is 2. The van der Waals surface area contributed by atoms with E-state index in [4.69, 9.17) is 0 Å². The molecule has 1 heterocycles. The highest BCUT2D eigenvalue weighted by atomic mass is 79.9. The average Bonchev–Trinajstić information content (AvgIpc) is 2.37. The first-order chi connectivity index (χ1) is 9.62. The number of hydrogen-bond donors (Lipinski definition) is 0. The minimum Gasteiger partial charge on any atom is -0.249 e. The molecule has 0 spiro atoms. The van der Waals surface area contributed by atoms with Gasteiger partial charge in [0.1, 0.15) is 4.60 Å². The van der Waals surface area contributed by atoms with Crippen LogP contribution < -0.4 is 0 Å². The molecule has 0 atom stereocenters. The number of halogens is 1. The van der Waals surface area contributed by atoms with Crippen LogP contribution in [0.1, 0.15) is 31.9 Å². The highest BCUT2D eigenvalue weighted by molar-refractivity contribution is 9.10. The molecule has 112 valence electrons. The van der Waals surface area contributed by atoms with Crippen LogP contribution in [0.15, 0.2) is 50.9 Å². The molecule has 0 aliphatic rings. The molecule has 0 radical (unpaired) electrons. The first-order valence-corrected chi connectivity index (χ1v) is 8.88. The van der Waals surface area contributed by atoms with Gasteiger partial charge in [-0.1, -0.05) is 32.9 Å². The van der Waals surface area contributed by atoms with Crippen molar-refractivity contribution in [1.82, 2.24) is 4.98 Å². The van der Waals surface area contributed by atoms with Gasteiger partial charge < -0.3 is 0 Å². The summed E-state index contributed by atoms with van der Waals surface area (Å²) in [6, 6.07) is 8.67. The topological polar surface area (TPSA) is 47.0 Å². The summed E-state index contributed by atoms with van der Waals surface area (Å²) in [6.07, 6.45) is 1.49. The lowest BCUT2D eigenvalue weighted by Crippen LogP contribution is -2.13. The molecule has 0 aliphatic heterocycles. The van der Waals surface area contributed by atoms with E-state index < -0.39 is 9.84 Å². The largest absolute Gasteiger partial charge is 0.249 e. The molecular weight excluding hydrogens is 350 g/mol. The molecule has 0 bridgehead atoms. The molecule has 0 saturated carbocycles. The quantitative estimate of drug-likeness (QED) is 0.744. The van der Waals surface area contributed by atoms with Crippen LogP contribution in [0.5, 0.6) is 0 Å². The molecule has 1 aromatic carbocycles. The Morgan fingerprint density at radius 2 is 1.76 bits per heavy atom. The van der Waals surface area contributed by atoms with E-state index in [-0.39, 0.29) is 10.3 Å². The molecule has 5 heteroatoms. The molecule has 1 aromatic heterocycles. The van der Waals surface area contributed by atoms with E-state index in [1.807, 2.05) is 19.1 Å². The third-order valence-electron chi connectivity index (χ3n) is 3.35. The highest BCUT2D eigenvalue weighted by Gasteiger charge is 2.23. The molecule has 0 N–H and O–H groups in total. The van der Waals surface area contributed by atoms with Crippen molar-refractivity contribution in [3.8, 4) is 0 Å². The van der Waals surface area contributed by atoms with E-state index in [2.05, 4.69) is 41.7 Å². The first kappa shape index (κ1) is 16.2. The summed E-state index contributed by atoms with van der Waals surface area (Å²) in [5, 5.41) is 0. The van der Waals surface area contributed by atoms with Gasteiger partial charge in [-0.15, -0.1) is 0 Å². The maximum atomic E-state index is 12.8. The van der Waals surface area contributed by atoms with E-state index in [1.54, 1.807) is 6.07 Å². The van der Waals surface area contributed by atoms with Gasteiger partial charge in [-0.3, -0.25) is 0 Å². The van der Waals surface area contributed by atoms with Gasteiger partial charge in [0, 0.05) is 6.20 Å². The Balaban J connectivity index is 2.65. The Hall–Kier alpha value is -1.20. The van der Waals surface area contributed by atoms with Crippen LogP contribution in [-0.4, -0.2) is 13.4 Å². The van der Waals surface area contributed by atoms with E-state index >= 15 is 0 Å². The first-order valence-electron chi connectivity index (χ1n) is 6.60. The Kier molecular flexibility index (Phi) is 4.26.